The molecule has 0 saturated heterocycles. The van der Waals surface area contributed by atoms with Gasteiger partial charge in [-0.1, -0.05) is 106 Å². The summed E-state index contributed by atoms with van der Waals surface area (Å²) in [6.45, 7) is 5.88. The van der Waals surface area contributed by atoms with Gasteiger partial charge in [0.25, 0.3) is 0 Å². The molecule has 2 aliphatic rings. The summed E-state index contributed by atoms with van der Waals surface area (Å²) in [6.07, 6.45) is 18.3. The van der Waals surface area contributed by atoms with Crippen molar-refractivity contribution in [2.75, 3.05) is 0 Å². The van der Waals surface area contributed by atoms with E-state index in [4.69, 9.17) is 0 Å². The smallest absolute Gasteiger partial charge is 0.166 e. The van der Waals surface area contributed by atoms with Gasteiger partial charge in [-0.3, -0.25) is 0 Å². The predicted octanol–water partition coefficient (Wildman–Crippen LogP) is 11.7. The summed E-state index contributed by atoms with van der Waals surface area (Å²) in [5.41, 5.74) is 4.54. The largest absolute Gasteiger partial charge is 0.206 e. The predicted molar refractivity (Wildman–Crippen MR) is 166 cm³/mol. The summed E-state index contributed by atoms with van der Waals surface area (Å²) in [5.74, 6) is 0.626. The minimum Gasteiger partial charge on any atom is -0.206 e. The van der Waals surface area contributed by atoms with Crippen LogP contribution in [0.3, 0.4) is 0 Å². The molecular formula is C38H43F3. The molecule has 1 fully saturated rings. The van der Waals surface area contributed by atoms with Crippen molar-refractivity contribution in [1.29, 1.82) is 0 Å². The van der Waals surface area contributed by atoms with Gasteiger partial charge >= 0.3 is 0 Å². The number of hydrogen-bond donors (Lipinski definition) is 0. The molecule has 3 heteroatoms. The van der Waals surface area contributed by atoms with Crippen LogP contribution in [0.2, 0.25) is 0 Å². The highest BCUT2D eigenvalue weighted by Gasteiger charge is 2.29. The zero-order valence-electron chi connectivity index (χ0n) is 24.4. The molecule has 0 amide bonds. The van der Waals surface area contributed by atoms with Gasteiger partial charge in [-0.2, -0.15) is 0 Å². The molecule has 5 rings (SSSR count). The molecular weight excluding hydrogens is 513 g/mol. The Hall–Kier alpha value is -3.07. The Bertz CT molecular complexity index is 1360. The van der Waals surface area contributed by atoms with E-state index in [1.54, 1.807) is 36.4 Å². The number of halogens is 3. The summed E-state index contributed by atoms with van der Waals surface area (Å²) in [7, 11) is 0. The van der Waals surface area contributed by atoms with Crippen molar-refractivity contribution in [2.45, 2.75) is 84.0 Å². The van der Waals surface area contributed by atoms with E-state index in [9.17, 15) is 8.78 Å². The first-order valence-electron chi connectivity index (χ1n) is 15.7. The fourth-order valence-electron chi connectivity index (χ4n) is 7.08. The van der Waals surface area contributed by atoms with Crippen molar-refractivity contribution in [3.63, 3.8) is 0 Å². The van der Waals surface area contributed by atoms with Crippen molar-refractivity contribution >= 4 is 5.57 Å². The van der Waals surface area contributed by atoms with E-state index in [1.807, 2.05) is 24.3 Å². The Kier molecular flexibility index (Phi) is 9.85. The lowest BCUT2D eigenvalue weighted by Gasteiger charge is -2.35. The van der Waals surface area contributed by atoms with Crippen LogP contribution in [0.4, 0.5) is 13.2 Å². The second kappa shape index (κ2) is 13.7. The molecule has 1 atom stereocenters. The van der Waals surface area contributed by atoms with Gasteiger partial charge < -0.3 is 0 Å². The maximum Gasteiger partial charge on any atom is 0.166 e. The highest BCUT2D eigenvalue weighted by atomic mass is 19.2. The average Bonchev–Trinajstić information content (AvgIpc) is 3.00. The third kappa shape index (κ3) is 6.88. The zero-order chi connectivity index (χ0) is 28.8. The van der Waals surface area contributed by atoms with Crippen molar-refractivity contribution < 1.29 is 13.2 Å². The molecule has 3 aromatic rings. The van der Waals surface area contributed by atoms with E-state index in [0.29, 0.717) is 11.1 Å². The number of benzene rings is 3. The van der Waals surface area contributed by atoms with Crippen molar-refractivity contribution in [3.8, 4) is 22.3 Å². The maximum atomic E-state index is 15.3. The number of hydrogen-bond acceptors (Lipinski definition) is 0. The Morgan fingerprint density at radius 1 is 0.756 bits per heavy atom. The van der Waals surface area contributed by atoms with E-state index < -0.39 is 11.6 Å². The van der Waals surface area contributed by atoms with Gasteiger partial charge in [-0.25, -0.2) is 13.2 Å². The highest BCUT2D eigenvalue weighted by Crippen LogP contribution is 2.43. The number of rotatable bonds is 10. The molecule has 0 aliphatic heterocycles. The SMILES string of the molecule is C=CCc1ccc(-c2ccc(-c3ccc(C4=CCC(C5CCC(CCCCC)CC5)CC4)c(F)c3)cc2)c(F)c1F. The van der Waals surface area contributed by atoms with Gasteiger partial charge in [0.2, 0.25) is 0 Å². The third-order valence-electron chi connectivity index (χ3n) is 9.60. The standard InChI is InChI=1S/C38H43F3/c1-3-5-6-8-26-9-11-27(12-10-26)28-13-17-30(18-14-28)34-23-22-33(25-36(34)39)29-15-19-31(20-16-29)35-24-21-32(7-4-2)37(40)38(35)41/h4,15-17,19-28H,2-3,5-14,18H2,1H3. The fraction of sp³-hybridized carbons (Fsp3) is 0.421. The molecule has 0 aromatic heterocycles. The van der Waals surface area contributed by atoms with Crippen molar-refractivity contribution in [2.24, 2.45) is 17.8 Å². The first-order valence-corrected chi connectivity index (χ1v) is 15.7. The van der Waals surface area contributed by atoms with Crippen LogP contribution in [0.15, 0.2) is 73.3 Å². The van der Waals surface area contributed by atoms with Crippen LogP contribution in [0.25, 0.3) is 27.8 Å². The molecule has 0 spiro atoms. The summed E-state index contributed by atoms with van der Waals surface area (Å²) < 4.78 is 44.5. The molecule has 0 N–H and O–H groups in total. The second-order valence-electron chi connectivity index (χ2n) is 12.2. The summed E-state index contributed by atoms with van der Waals surface area (Å²) in [5, 5.41) is 0. The number of unbranched alkanes of at least 4 members (excludes halogenated alkanes) is 2. The Labute approximate surface area is 244 Å². The van der Waals surface area contributed by atoms with Crippen LogP contribution in [0.1, 0.15) is 88.7 Å². The Balaban J connectivity index is 1.21. The number of allylic oxidation sites excluding steroid dienone is 3. The van der Waals surface area contributed by atoms with E-state index in [2.05, 4.69) is 19.6 Å². The van der Waals surface area contributed by atoms with Crippen LogP contribution >= 0.6 is 0 Å². The van der Waals surface area contributed by atoms with Gasteiger partial charge in [0.15, 0.2) is 11.6 Å². The van der Waals surface area contributed by atoms with E-state index >= 15 is 4.39 Å². The van der Waals surface area contributed by atoms with Gasteiger partial charge in [0.05, 0.1) is 0 Å². The minimum atomic E-state index is -0.856. The Morgan fingerprint density at radius 3 is 2.12 bits per heavy atom. The summed E-state index contributed by atoms with van der Waals surface area (Å²) in [6, 6.07) is 15.8. The first-order chi connectivity index (χ1) is 20.0. The molecule has 1 unspecified atom stereocenters. The van der Waals surface area contributed by atoms with Crippen molar-refractivity contribution in [1.82, 2.24) is 0 Å². The molecule has 41 heavy (non-hydrogen) atoms. The zero-order valence-corrected chi connectivity index (χ0v) is 24.4. The van der Waals surface area contributed by atoms with Crippen LogP contribution < -0.4 is 0 Å². The lowest BCUT2D eigenvalue weighted by molar-refractivity contribution is 0.187. The van der Waals surface area contributed by atoms with Gasteiger partial charge in [0, 0.05) is 11.1 Å². The normalized spacial score (nSPS) is 21.0. The molecule has 3 aromatic carbocycles. The van der Waals surface area contributed by atoms with Crippen molar-refractivity contribution in [3.05, 3.63) is 102 Å². The molecule has 0 heterocycles. The second-order valence-corrected chi connectivity index (χ2v) is 12.2. The minimum absolute atomic E-state index is 0.199. The van der Waals surface area contributed by atoms with E-state index in [0.717, 1.165) is 53.7 Å². The summed E-state index contributed by atoms with van der Waals surface area (Å²) in [4.78, 5) is 0. The van der Waals surface area contributed by atoms with Gasteiger partial charge in [-0.05, 0) is 90.2 Å². The van der Waals surface area contributed by atoms with E-state index in [1.165, 1.54) is 51.4 Å². The molecule has 216 valence electrons. The van der Waals surface area contributed by atoms with Gasteiger partial charge in [-0.15, -0.1) is 6.58 Å². The quantitative estimate of drug-likeness (QED) is 0.172. The first kappa shape index (κ1) is 29.4. The highest BCUT2D eigenvalue weighted by molar-refractivity contribution is 5.74. The lowest BCUT2D eigenvalue weighted by atomic mass is 9.70. The summed E-state index contributed by atoms with van der Waals surface area (Å²) >= 11 is 0. The monoisotopic (exact) mass is 556 g/mol. The fourth-order valence-corrected chi connectivity index (χ4v) is 7.08. The average molecular weight is 557 g/mol. The molecule has 2 aliphatic carbocycles. The molecule has 0 nitrogen and oxygen atoms in total. The van der Waals surface area contributed by atoms with Crippen LogP contribution in [-0.2, 0) is 6.42 Å². The lowest BCUT2D eigenvalue weighted by Crippen LogP contribution is -2.23. The maximum absolute atomic E-state index is 15.3. The molecule has 1 saturated carbocycles. The van der Waals surface area contributed by atoms with Crippen LogP contribution in [0, 0.1) is 35.2 Å². The van der Waals surface area contributed by atoms with Crippen LogP contribution in [0.5, 0.6) is 0 Å². The van der Waals surface area contributed by atoms with Crippen LogP contribution in [-0.4, -0.2) is 0 Å². The molecule has 0 radical (unpaired) electrons. The Morgan fingerprint density at radius 2 is 1.46 bits per heavy atom. The van der Waals surface area contributed by atoms with E-state index in [-0.39, 0.29) is 23.4 Å². The van der Waals surface area contributed by atoms with Gasteiger partial charge in [0.1, 0.15) is 5.82 Å². The third-order valence-corrected chi connectivity index (χ3v) is 9.60. The molecule has 0 bridgehead atoms. The topological polar surface area (TPSA) is 0 Å².